The van der Waals surface area contributed by atoms with Gasteiger partial charge in [0.05, 0.1) is 32.5 Å². The average molecular weight is 1200 g/mol. The van der Waals surface area contributed by atoms with Crippen LogP contribution >= 0.6 is 7.82 Å². The molecule has 0 spiro atoms. The van der Waals surface area contributed by atoms with E-state index in [1.165, 1.54) is 64.2 Å². The fraction of sp³-hybridized carbons (Fsp3) is 0.803. The van der Waals surface area contributed by atoms with Crippen LogP contribution in [0.15, 0.2) is 11.6 Å². The van der Waals surface area contributed by atoms with Crippen molar-refractivity contribution in [1.82, 2.24) is 16.0 Å². The number of aliphatic hydroxyl groups excluding tert-OH is 4. The van der Waals surface area contributed by atoms with Crippen LogP contribution in [0.3, 0.4) is 0 Å². The third kappa shape index (κ3) is 43.0. The molecule has 1 aliphatic rings. The van der Waals surface area contributed by atoms with Gasteiger partial charge < -0.3 is 60.6 Å². The molecule has 1 unspecified atom stereocenters. The Hall–Kier alpha value is -4.41. The van der Waals surface area contributed by atoms with Gasteiger partial charge in [-0.25, -0.2) is 9.36 Å². The molecule has 1 rings (SSSR count). The van der Waals surface area contributed by atoms with E-state index in [4.69, 9.17) is 23.3 Å². The number of carbonyl (C=O) groups excluding carboxylic acids is 5. The number of hydrogen-bond acceptors (Lipinski definition) is 16. The fourth-order valence-corrected chi connectivity index (χ4v) is 9.60. The largest absolute Gasteiger partial charge is 0.478 e. The summed E-state index contributed by atoms with van der Waals surface area (Å²) in [6, 6.07) is 0. The first-order chi connectivity index (χ1) is 40.0. The molecule has 0 saturated carbocycles. The van der Waals surface area contributed by atoms with E-state index < -0.39 is 107 Å². The van der Waals surface area contributed by atoms with Crippen molar-refractivity contribution < 1.29 is 87.0 Å². The van der Waals surface area contributed by atoms with E-state index in [-0.39, 0.29) is 57.3 Å². The van der Waals surface area contributed by atoms with E-state index in [9.17, 15) is 63.8 Å². The second kappa shape index (κ2) is 50.9. The maximum atomic E-state index is 12.9. The zero-order valence-corrected chi connectivity index (χ0v) is 51.0. The number of phosphoric acid groups is 1. The molecule has 1 heterocycles. The van der Waals surface area contributed by atoms with E-state index in [1.54, 1.807) is 0 Å². The van der Waals surface area contributed by atoms with Gasteiger partial charge in [-0.15, -0.1) is 23.7 Å². The lowest BCUT2D eigenvalue weighted by Crippen LogP contribution is -2.58. The minimum absolute atomic E-state index is 0.0176. The number of nitrogens with one attached hydrogen (secondary N) is 3. The number of aliphatic hydroxyl groups is 4. The van der Waals surface area contributed by atoms with Crippen LogP contribution in [0, 0.1) is 23.7 Å². The molecule has 0 aliphatic carbocycles. The van der Waals surface area contributed by atoms with Crippen LogP contribution < -0.4 is 16.0 Å². The molecule has 0 aromatic carbocycles. The van der Waals surface area contributed by atoms with E-state index in [2.05, 4.69) is 53.5 Å². The summed E-state index contributed by atoms with van der Waals surface area (Å²) in [5, 5.41) is 56.4. The molecule has 21 nitrogen and oxygen atoms in total. The molecule has 9 N–H and O–H groups in total. The minimum Gasteiger partial charge on any atom is -0.478 e. The van der Waals surface area contributed by atoms with Gasteiger partial charge >= 0.3 is 25.7 Å². The average Bonchev–Trinajstić information content (AvgIpc) is 3.47. The molecule has 0 aromatic rings. The number of hydrogen-bond donors (Lipinski definition) is 9. The third-order valence-electron chi connectivity index (χ3n) is 13.9. The highest BCUT2D eigenvalue weighted by Crippen LogP contribution is 2.43. The topological polar surface area (TPSA) is 323 Å². The zero-order valence-electron chi connectivity index (χ0n) is 50.1. The quantitative estimate of drug-likeness (QED) is 0.00913. The van der Waals surface area contributed by atoms with Gasteiger partial charge in [0.25, 0.3) is 0 Å². The SMILES string of the molecule is CCCCCCCCC#CCCCCCCCC(=O)OC[C@H](COP(=O)(O)OCCNC(=O)/C=C(/CCCCCNC(=O)CNC(=O)CC[C@H]1O[C@H](CO)[C@H](O)[C@H](O)[C@H]1O)C(=O)O)OC(=O)CCCCCCCC#CCCCCCCCC. The number of ether oxygens (including phenoxy) is 3. The first-order valence-electron chi connectivity index (χ1n) is 31.0. The van der Waals surface area contributed by atoms with Crippen LogP contribution in [0.1, 0.15) is 232 Å². The summed E-state index contributed by atoms with van der Waals surface area (Å²) < 4.78 is 39.3. The van der Waals surface area contributed by atoms with Gasteiger partial charge in [-0.3, -0.25) is 33.0 Å². The van der Waals surface area contributed by atoms with Crippen LogP contribution in [0.2, 0.25) is 0 Å². The molecule has 22 heteroatoms. The van der Waals surface area contributed by atoms with E-state index in [0.717, 1.165) is 96.0 Å². The normalized spacial score (nSPS) is 17.9. The van der Waals surface area contributed by atoms with Crippen molar-refractivity contribution in [3.05, 3.63) is 11.6 Å². The van der Waals surface area contributed by atoms with Gasteiger partial charge in [-0.05, 0) is 64.2 Å². The number of aliphatic carboxylic acids is 1. The third-order valence-corrected chi connectivity index (χ3v) is 14.8. The summed E-state index contributed by atoms with van der Waals surface area (Å²) in [6.45, 7) is 1.87. The molecule has 1 saturated heterocycles. The minimum atomic E-state index is -4.78. The Morgan fingerprint density at radius 3 is 1.59 bits per heavy atom. The lowest BCUT2D eigenvalue weighted by Gasteiger charge is -2.40. The number of amides is 3. The lowest BCUT2D eigenvalue weighted by molar-refractivity contribution is -0.230. The van der Waals surface area contributed by atoms with Gasteiger partial charge in [0, 0.05) is 69.7 Å². The van der Waals surface area contributed by atoms with Crippen molar-refractivity contribution in [2.24, 2.45) is 0 Å². The number of carboxylic acid groups (broad SMARTS) is 1. The summed E-state index contributed by atoms with van der Waals surface area (Å²) in [7, 11) is -4.78. The highest BCUT2D eigenvalue weighted by molar-refractivity contribution is 7.47. The maximum absolute atomic E-state index is 12.9. The Bertz CT molecular complexity index is 2000. The zero-order chi connectivity index (χ0) is 61.2. The van der Waals surface area contributed by atoms with Crippen molar-refractivity contribution in [2.45, 2.75) is 269 Å². The van der Waals surface area contributed by atoms with Gasteiger partial charge in [-0.2, -0.15) is 0 Å². The molecular formula is C61H104N3O18P. The Morgan fingerprint density at radius 2 is 1.05 bits per heavy atom. The summed E-state index contributed by atoms with van der Waals surface area (Å²) in [4.78, 5) is 84.9. The van der Waals surface area contributed by atoms with Gasteiger partial charge in [0.2, 0.25) is 17.7 Å². The van der Waals surface area contributed by atoms with Crippen molar-refractivity contribution in [3.8, 4) is 23.7 Å². The van der Waals surface area contributed by atoms with E-state index >= 15 is 0 Å². The van der Waals surface area contributed by atoms with Crippen molar-refractivity contribution in [3.63, 3.8) is 0 Å². The number of carboxylic acids is 1. The Balaban J connectivity index is 2.51. The van der Waals surface area contributed by atoms with E-state index in [1.807, 2.05) is 0 Å². The second-order valence-electron chi connectivity index (χ2n) is 21.3. The molecule has 1 aliphatic heterocycles. The number of unbranched alkanes of at least 4 members (excludes halogenated alkanes) is 24. The Labute approximate surface area is 494 Å². The second-order valence-corrected chi connectivity index (χ2v) is 22.7. The highest BCUT2D eigenvalue weighted by Gasteiger charge is 2.43. The number of esters is 2. The number of carbonyl (C=O) groups is 6. The number of rotatable bonds is 50. The van der Waals surface area contributed by atoms with Crippen molar-refractivity contribution in [1.29, 1.82) is 0 Å². The van der Waals surface area contributed by atoms with Crippen LogP contribution in [-0.4, -0.2) is 149 Å². The fourth-order valence-electron chi connectivity index (χ4n) is 8.85. The van der Waals surface area contributed by atoms with Gasteiger partial charge in [0.15, 0.2) is 6.10 Å². The summed E-state index contributed by atoms with van der Waals surface area (Å²) >= 11 is 0. The molecule has 1 fully saturated rings. The maximum Gasteiger partial charge on any atom is 0.472 e. The predicted octanol–water partition coefficient (Wildman–Crippen LogP) is 8.09. The first kappa shape index (κ1) is 76.6. The first-order valence-corrected chi connectivity index (χ1v) is 32.5. The van der Waals surface area contributed by atoms with E-state index in [0.29, 0.717) is 32.1 Å². The Kier molecular flexibility index (Phi) is 46.9. The molecule has 0 radical (unpaired) electrons. The van der Waals surface area contributed by atoms with Gasteiger partial charge in [0.1, 0.15) is 31.0 Å². The van der Waals surface area contributed by atoms with Crippen LogP contribution in [-0.2, 0) is 56.6 Å². The monoisotopic (exact) mass is 1200 g/mol. The van der Waals surface area contributed by atoms with Crippen molar-refractivity contribution in [2.75, 3.05) is 46.1 Å². The molecule has 0 aromatic heterocycles. The molecule has 83 heavy (non-hydrogen) atoms. The predicted molar refractivity (Wildman–Crippen MR) is 315 cm³/mol. The van der Waals surface area contributed by atoms with Crippen LogP contribution in [0.25, 0.3) is 0 Å². The molecular weight excluding hydrogens is 1090 g/mol. The lowest BCUT2D eigenvalue weighted by atomic mass is 9.93. The number of phosphoric ester groups is 1. The summed E-state index contributed by atoms with van der Waals surface area (Å²) in [5.41, 5.74) is -0.197. The van der Waals surface area contributed by atoms with Crippen LogP contribution in [0.4, 0.5) is 0 Å². The summed E-state index contributed by atoms with van der Waals surface area (Å²) in [5.74, 6) is 8.86. The highest BCUT2D eigenvalue weighted by atomic mass is 31.2. The smallest absolute Gasteiger partial charge is 0.472 e. The Morgan fingerprint density at radius 1 is 0.554 bits per heavy atom. The van der Waals surface area contributed by atoms with Gasteiger partial charge in [-0.1, -0.05) is 123 Å². The molecule has 476 valence electrons. The standard InChI is InChI=1S/C61H104N3O18P/c1-3-5-7-9-11-13-15-17-19-21-23-25-27-29-33-37-56(69)78-47-50(81-57(70)38-34-30-28-26-24-22-20-18-16-14-12-10-8-6-4-2)48-80-83(76,77)79-43-42-63-54(67)44-49(61(74)75)36-32-31-35-41-62-55(68)45-64-53(66)40-39-51-58(71)60(73)59(72)52(46-65)82-51/h44,50-52,58-60,65,71-73H,3-16,21-43,45-48H2,1-2H3,(H,62,68)(H,63,67)(H,64,66)(H,74,75)(H,76,77)/b49-44-/t50-,51-,52-,58+,59+,60-/m1/s1. The molecule has 7 atom stereocenters. The van der Waals surface area contributed by atoms with Crippen LogP contribution in [0.5, 0.6) is 0 Å². The summed E-state index contributed by atoms with van der Waals surface area (Å²) in [6.07, 6.45) is 21.7. The van der Waals surface area contributed by atoms with Crippen molar-refractivity contribution >= 4 is 43.5 Å². The molecule has 0 bridgehead atoms. The molecule has 3 amide bonds.